The van der Waals surface area contributed by atoms with Crippen LogP contribution in [0.4, 0.5) is 0 Å². The number of carbonyl (C=O) groups excluding carboxylic acids is 1. The Balaban J connectivity index is 1.94. The molecule has 0 spiro atoms. The van der Waals surface area contributed by atoms with Crippen molar-refractivity contribution in [3.05, 3.63) is 29.8 Å². The van der Waals surface area contributed by atoms with E-state index in [9.17, 15) is 4.79 Å². The van der Waals surface area contributed by atoms with Crippen LogP contribution in [0, 0.1) is 0 Å². The van der Waals surface area contributed by atoms with Gasteiger partial charge in [-0.2, -0.15) is 0 Å². The minimum Gasteiger partial charge on any atom is -0.497 e. The van der Waals surface area contributed by atoms with Gasteiger partial charge in [-0.3, -0.25) is 4.79 Å². The summed E-state index contributed by atoms with van der Waals surface area (Å²) in [6.45, 7) is 0.971. The zero-order valence-corrected chi connectivity index (χ0v) is 9.53. The highest BCUT2D eigenvalue weighted by Crippen LogP contribution is 2.14. The quantitative estimate of drug-likeness (QED) is 0.835. The van der Waals surface area contributed by atoms with E-state index in [-0.39, 0.29) is 6.04 Å². The molecule has 1 aliphatic rings. The molecule has 1 fully saturated rings. The number of nitrogens with one attached hydrogen (secondary N) is 1. The Morgan fingerprint density at radius 2 is 2.19 bits per heavy atom. The van der Waals surface area contributed by atoms with Crippen molar-refractivity contribution in [2.75, 3.05) is 13.7 Å². The van der Waals surface area contributed by atoms with Gasteiger partial charge in [-0.25, -0.2) is 0 Å². The number of hydrogen-bond donors (Lipinski definition) is 1. The first kappa shape index (κ1) is 11.1. The summed E-state index contributed by atoms with van der Waals surface area (Å²) in [6, 6.07) is 7.76. The zero-order valence-electron chi connectivity index (χ0n) is 9.53. The SMILES string of the molecule is COc1ccc(CC(=O)[C@@H]2CCCN2)cc1. The topological polar surface area (TPSA) is 38.3 Å². The van der Waals surface area contributed by atoms with Crippen LogP contribution in [0.15, 0.2) is 24.3 Å². The molecular formula is C13H17NO2. The van der Waals surface area contributed by atoms with Crippen LogP contribution in [0.5, 0.6) is 5.75 Å². The van der Waals surface area contributed by atoms with Crippen LogP contribution in [0.25, 0.3) is 0 Å². The molecular weight excluding hydrogens is 202 g/mol. The van der Waals surface area contributed by atoms with Gasteiger partial charge in [-0.15, -0.1) is 0 Å². The van der Waals surface area contributed by atoms with Crippen molar-refractivity contribution in [3.63, 3.8) is 0 Å². The predicted octanol–water partition coefficient (Wildman–Crippen LogP) is 1.56. The summed E-state index contributed by atoms with van der Waals surface area (Å²) >= 11 is 0. The molecule has 0 aromatic heterocycles. The van der Waals surface area contributed by atoms with Crippen molar-refractivity contribution < 1.29 is 9.53 Å². The lowest BCUT2D eigenvalue weighted by Crippen LogP contribution is -2.31. The molecule has 1 saturated heterocycles. The molecule has 86 valence electrons. The van der Waals surface area contributed by atoms with Gasteiger partial charge >= 0.3 is 0 Å². The van der Waals surface area contributed by atoms with Gasteiger partial charge in [0.25, 0.3) is 0 Å². The fourth-order valence-corrected chi connectivity index (χ4v) is 2.03. The number of ketones is 1. The van der Waals surface area contributed by atoms with Crippen molar-refractivity contribution in [3.8, 4) is 5.75 Å². The third-order valence-corrected chi connectivity index (χ3v) is 2.99. The highest BCUT2D eigenvalue weighted by atomic mass is 16.5. The third-order valence-electron chi connectivity index (χ3n) is 2.99. The molecule has 3 nitrogen and oxygen atoms in total. The summed E-state index contributed by atoms with van der Waals surface area (Å²) in [5, 5.41) is 3.22. The van der Waals surface area contributed by atoms with E-state index in [1.807, 2.05) is 24.3 Å². The zero-order chi connectivity index (χ0) is 11.4. The van der Waals surface area contributed by atoms with Crippen LogP contribution in [0.1, 0.15) is 18.4 Å². The molecule has 0 bridgehead atoms. The number of Topliss-reactive ketones (excluding diaryl/α,β-unsaturated/α-hetero) is 1. The maximum absolute atomic E-state index is 11.9. The lowest BCUT2D eigenvalue weighted by molar-refractivity contribution is -0.120. The molecule has 3 heteroatoms. The fraction of sp³-hybridized carbons (Fsp3) is 0.462. The largest absolute Gasteiger partial charge is 0.497 e. The molecule has 1 aliphatic heterocycles. The lowest BCUT2D eigenvalue weighted by atomic mass is 10.0. The monoisotopic (exact) mass is 219 g/mol. The minimum atomic E-state index is 0.0714. The molecule has 1 heterocycles. The van der Waals surface area contributed by atoms with Gasteiger partial charge in [0.05, 0.1) is 13.2 Å². The average molecular weight is 219 g/mol. The Morgan fingerprint density at radius 1 is 1.44 bits per heavy atom. The first-order valence-electron chi connectivity index (χ1n) is 5.68. The van der Waals surface area contributed by atoms with Gasteiger partial charge in [-0.05, 0) is 37.1 Å². The van der Waals surface area contributed by atoms with E-state index >= 15 is 0 Å². The summed E-state index contributed by atoms with van der Waals surface area (Å²) < 4.78 is 5.08. The number of hydrogen-bond acceptors (Lipinski definition) is 3. The molecule has 0 radical (unpaired) electrons. The maximum Gasteiger partial charge on any atom is 0.154 e. The van der Waals surface area contributed by atoms with E-state index in [1.165, 1.54) is 0 Å². The number of methoxy groups -OCH3 is 1. The van der Waals surface area contributed by atoms with Crippen LogP contribution in [-0.2, 0) is 11.2 Å². The molecule has 0 unspecified atom stereocenters. The number of carbonyl (C=O) groups is 1. The molecule has 0 saturated carbocycles. The molecule has 1 N–H and O–H groups in total. The molecule has 0 amide bonds. The smallest absolute Gasteiger partial charge is 0.154 e. The summed E-state index contributed by atoms with van der Waals surface area (Å²) in [6.07, 6.45) is 2.61. The van der Waals surface area contributed by atoms with Crippen molar-refractivity contribution in [2.24, 2.45) is 0 Å². The van der Waals surface area contributed by atoms with Crippen LogP contribution < -0.4 is 10.1 Å². The Kier molecular flexibility index (Phi) is 3.57. The molecule has 16 heavy (non-hydrogen) atoms. The van der Waals surface area contributed by atoms with Crippen molar-refractivity contribution in [1.29, 1.82) is 0 Å². The van der Waals surface area contributed by atoms with E-state index in [4.69, 9.17) is 4.74 Å². The Bertz CT molecular complexity index is 353. The standard InChI is InChI=1S/C13H17NO2/c1-16-11-6-4-10(5-7-11)9-13(15)12-3-2-8-14-12/h4-7,12,14H,2-3,8-9H2,1H3/t12-/m0/s1. The van der Waals surface area contributed by atoms with Crippen LogP contribution in [0.2, 0.25) is 0 Å². The fourth-order valence-electron chi connectivity index (χ4n) is 2.03. The van der Waals surface area contributed by atoms with Gasteiger partial charge in [0.1, 0.15) is 5.75 Å². The van der Waals surface area contributed by atoms with E-state index < -0.39 is 0 Å². The van der Waals surface area contributed by atoms with Gasteiger partial charge in [0, 0.05) is 6.42 Å². The van der Waals surface area contributed by atoms with Crippen molar-refractivity contribution in [1.82, 2.24) is 5.32 Å². The van der Waals surface area contributed by atoms with Crippen molar-refractivity contribution in [2.45, 2.75) is 25.3 Å². The second-order valence-electron chi connectivity index (χ2n) is 4.14. The van der Waals surface area contributed by atoms with Gasteiger partial charge in [-0.1, -0.05) is 12.1 Å². The number of rotatable bonds is 4. The molecule has 1 aromatic rings. The molecule has 0 aliphatic carbocycles. The minimum absolute atomic E-state index is 0.0714. The van der Waals surface area contributed by atoms with E-state index in [0.717, 1.165) is 30.7 Å². The highest BCUT2D eigenvalue weighted by Gasteiger charge is 2.21. The number of ether oxygens (including phenoxy) is 1. The summed E-state index contributed by atoms with van der Waals surface area (Å²) in [4.78, 5) is 11.9. The number of benzene rings is 1. The van der Waals surface area contributed by atoms with E-state index in [1.54, 1.807) is 7.11 Å². The Hall–Kier alpha value is -1.35. The van der Waals surface area contributed by atoms with E-state index in [0.29, 0.717) is 12.2 Å². The normalized spacial score (nSPS) is 19.7. The van der Waals surface area contributed by atoms with Gasteiger partial charge in [0.2, 0.25) is 0 Å². The lowest BCUT2D eigenvalue weighted by Gasteiger charge is -2.09. The summed E-state index contributed by atoms with van der Waals surface area (Å²) in [7, 11) is 1.64. The molecule has 1 aromatic carbocycles. The Morgan fingerprint density at radius 3 is 2.75 bits per heavy atom. The van der Waals surface area contributed by atoms with Crippen LogP contribution >= 0.6 is 0 Å². The third kappa shape index (κ3) is 2.61. The molecule has 1 atom stereocenters. The average Bonchev–Trinajstić information content (AvgIpc) is 2.83. The van der Waals surface area contributed by atoms with Gasteiger partial charge < -0.3 is 10.1 Å². The molecule has 2 rings (SSSR count). The highest BCUT2D eigenvalue weighted by molar-refractivity contribution is 5.86. The second-order valence-corrected chi connectivity index (χ2v) is 4.14. The van der Waals surface area contributed by atoms with Crippen LogP contribution in [-0.4, -0.2) is 25.5 Å². The maximum atomic E-state index is 11.9. The summed E-state index contributed by atoms with van der Waals surface area (Å²) in [5.41, 5.74) is 1.06. The van der Waals surface area contributed by atoms with Gasteiger partial charge in [0.15, 0.2) is 5.78 Å². The van der Waals surface area contributed by atoms with E-state index in [2.05, 4.69) is 5.32 Å². The van der Waals surface area contributed by atoms with Crippen LogP contribution in [0.3, 0.4) is 0 Å². The second kappa shape index (κ2) is 5.12. The van der Waals surface area contributed by atoms with Crippen molar-refractivity contribution >= 4 is 5.78 Å². The first-order chi connectivity index (χ1) is 7.79. The first-order valence-corrected chi connectivity index (χ1v) is 5.68. The Labute approximate surface area is 95.8 Å². The summed E-state index contributed by atoms with van der Waals surface area (Å²) in [5.74, 6) is 1.12. The predicted molar refractivity (Wildman–Crippen MR) is 62.7 cm³/mol.